The fourth-order valence-corrected chi connectivity index (χ4v) is 15.9. The second-order valence-electron chi connectivity index (χ2n) is 29.7. The van der Waals surface area contributed by atoms with E-state index < -0.39 is 193 Å². The van der Waals surface area contributed by atoms with E-state index in [1.165, 1.54) is 68.0 Å². The monoisotopic (exact) mass is 1500 g/mol. The molecular weight excluding hydrogens is 1390 g/mol. The molecule has 3 saturated heterocycles. The van der Waals surface area contributed by atoms with E-state index in [2.05, 4.69) is 16.0 Å². The summed E-state index contributed by atoms with van der Waals surface area (Å²) in [6, 6.07) is -7.12. The molecule has 0 unspecified atom stereocenters. The molecule has 1 spiro atoms. The first-order valence-electron chi connectivity index (χ1n) is 36.8. The maximum Gasteiger partial charge on any atom is 0.417 e. The fraction of sp³-hybridized carbons (Fsp3) is 0.750. The molecule has 25 nitrogen and oxygen atoms in total. The number of aryl methyl sites for hydroxylation is 1. The highest BCUT2D eigenvalue weighted by molar-refractivity contribution is 6.31. The van der Waals surface area contributed by atoms with E-state index in [0.717, 1.165) is 88.6 Å². The number of carbonyl (C=O) groups is 12. The summed E-state index contributed by atoms with van der Waals surface area (Å²) in [6.07, 6.45) is 0.146. The van der Waals surface area contributed by atoms with E-state index in [9.17, 15) is 55.1 Å². The molecule has 0 bridgehead atoms. The van der Waals surface area contributed by atoms with Crippen molar-refractivity contribution in [1.29, 1.82) is 0 Å². The molecule has 8 atom stereocenters. The van der Waals surface area contributed by atoms with E-state index in [-0.39, 0.29) is 82.5 Å². The predicted octanol–water partition coefficient (Wildman–Crippen LogP) is 5.96. The van der Waals surface area contributed by atoms with E-state index in [1.807, 2.05) is 0 Å². The fourth-order valence-electron chi connectivity index (χ4n) is 15.6. The summed E-state index contributed by atoms with van der Waals surface area (Å²) < 4.78 is 88.1. The minimum atomic E-state index is -4.90. The minimum absolute atomic E-state index is 0.00789. The van der Waals surface area contributed by atoms with Crippen LogP contribution in [0.15, 0.2) is 18.2 Å². The third-order valence-electron chi connectivity index (χ3n) is 22.2. The SMILES string of the molecule is CC[C@H](C)[C@@H]1NC(=O)[C@H](COCC(F)(F)F)N(C)C(=O)C[C@@H](C(=O)N2CCCCC2)N(C)C(=O)[C@H](C2CCCCC2)N(C)C(=O)C2(CCCC2)NC(=O)[C@@H]2CCCN2C(=O)[C@H](CCc2ccc(C(F)(F)F)c(Cl)c2)NC(=O)CN(C)C(=O)[C@H](CC2CCCCC2)N(C)C(=O)CN(C)C(=O)CN(C)C1=O. The third-order valence-corrected chi connectivity index (χ3v) is 22.5. The number of fused-ring (bicyclic) bond motifs is 1. The Morgan fingerprint density at radius 3 is 1.83 bits per heavy atom. The van der Waals surface area contributed by atoms with Crippen LogP contribution in [0.3, 0.4) is 0 Å². The molecule has 6 fully saturated rings. The second kappa shape index (κ2) is 37.3. The van der Waals surface area contributed by atoms with Gasteiger partial charge in [-0.2, -0.15) is 26.3 Å². The van der Waals surface area contributed by atoms with Gasteiger partial charge in [0, 0.05) is 69.0 Å². The predicted molar refractivity (Wildman–Crippen MR) is 371 cm³/mol. The molecule has 6 aliphatic rings. The molecule has 32 heteroatoms. The molecule has 3 aliphatic carbocycles. The number of amides is 12. The van der Waals surface area contributed by atoms with Gasteiger partial charge in [0.2, 0.25) is 70.9 Å². The zero-order chi connectivity index (χ0) is 76.7. The largest absolute Gasteiger partial charge is 0.417 e. The van der Waals surface area contributed by atoms with Gasteiger partial charge in [-0.1, -0.05) is 102 Å². The van der Waals surface area contributed by atoms with Gasteiger partial charge in [-0.05, 0) is 112 Å². The van der Waals surface area contributed by atoms with Gasteiger partial charge in [-0.3, -0.25) is 57.5 Å². The van der Waals surface area contributed by atoms with Crippen molar-refractivity contribution in [2.45, 2.75) is 228 Å². The van der Waals surface area contributed by atoms with Crippen molar-refractivity contribution in [1.82, 2.24) is 60.0 Å². The van der Waals surface area contributed by atoms with Gasteiger partial charge in [0.15, 0.2) is 0 Å². The Morgan fingerprint density at radius 2 is 1.22 bits per heavy atom. The lowest BCUT2D eigenvalue weighted by molar-refractivity contribution is -0.179. The summed E-state index contributed by atoms with van der Waals surface area (Å²) >= 11 is 6.15. The number of likely N-dealkylation sites (N-methyl/N-ethyl adjacent to an activating group) is 7. The Hall–Kier alpha value is -7.31. The first kappa shape index (κ1) is 84.0. The van der Waals surface area contributed by atoms with E-state index in [1.54, 1.807) is 13.8 Å². The Bertz CT molecular complexity index is 3230. The lowest BCUT2D eigenvalue weighted by Crippen LogP contribution is -2.65. The zero-order valence-corrected chi connectivity index (χ0v) is 62.4. The number of hydrogen-bond acceptors (Lipinski definition) is 13. The van der Waals surface area contributed by atoms with Crippen molar-refractivity contribution >= 4 is 82.5 Å². The van der Waals surface area contributed by atoms with Crippen LogP contribution in [0.5, 0.6) is 0 Å². The number of piperidine rings is 1. The van der Waals surface area contributed by atoms with E-state index in [0.29, 0.717) is 51.4 Å². The second-order valence-corrected chi connectivity index (χ2v) is 30.1. The molecule has 3 heterocycles. The average Bonchev–Trinajstić information content (AvgIpc) is 1.41. The quantitative estimate of drug-likeness (QED) is 0.204. The Balaban J connectivity index is 1.30. The van der Waals surface area contributed by atoms with Crippen molar-refractivity contribution in [2.24, 2.45) is 17.8 Å². The van der Waals surface area contributed by atoms with Crippen LogP contribution in [0.1, 0.15) is 173 Å². The number of nitrogens with zero attached hydrogens (tertiary/aromatic N) is 9. The topological polar surface area (TPSA) is 279 Å². The van der Waals surface area contributed by atoms with Gasteiger partial charge >= 0.3 is 12.4 Å². The highest BCUT2D eigenvalue weighted by Crippen LogP contribution is 2.39. The number of likely N-dealkylation sites (tertiary alicyclic amines) is 1. The third kappa shape index (κ3) is 21.7. The normalized spacial score (nSPS) is 26.5. The van der Waals surface area contributed by atoms with Gasteiger partial charge in [0.1, 0.15) is 54.4 Å². The number of carbonyl (C=O) groups excluding carboxylic acids is 12. The lowest BCUT2D eigenvalue weighted by atomic mass is 9.81. The number of ether oxygens (including phenoxy) is 1. The van der Waals surface area contributed by atoms with Gasteiger partial charge in [0.05, 0.1) is 43.2 Å². The summed E-state index contributed by atoms with van der Waals surface area (Å²) in [5.41, 5.74) is -2.48. The van der Waals surface area contributed by atoms with Crippen LogP contribution in [0, 0.1) is 17.8 Å². The standard InChI is InChI=1S/C72H107ClF6N12O13/c1-10-45(2)60-67(101)85(5)41-58(94)83(3)42-59(95)86(6)53(38-46-23-14-11-15-24-46)65(99)84(4)40-56(92)80-51(31-29-47-28-30-49(50(73)37-47)72(77,78)79)64(98)91-36-22-27-52(91)63(97)82-70(32-18-19-33-70)69(103)89(9)61(48-25-16-12-17-26-48)68(102)88(8)54(66(100)90-34-20-13-21-35-90)39-57(93)87(7)55(62(96)81-60)43-104-44-71(74,75)76/h28,30,37,45-46,48,51-55,60-61H,10-27,29,31-36,38-44H2,1-9H3,(H,80,92)(H,81,96)(H,82,97)/t45-,51-,52-,53-,54-,55-,60-,61-/m0/s1. The maximum absolute atomic E-state index is 15.8. The molecule has 7 rings (SSSR count). The highest BCUT2D eigenvalue weighted by Gasteiger charge is 2.52. The molecule has 582 valence electrons. The van der Waals surface area contributed by atoms with Crippen LogP contribution in [0.2, 0.25) is 5.02 Å². The van der Waals surface area contributed by atoms with E-state index >= 15 is 28.8 Å². The molecule has 3 saturated carbocycles. The van der Waals surface area contributed by atoms with E-state index in [4.69, 9.17) is 16.3 Å². The first-order valence-corrected chi connectivity index (χ1v) is 37.2. The van der Waals surface area contributed by atoms with Crippen LogP contribution >= 0.6 is 11.6 Å². The van der Waals surface area contributed by atoms with Gasteiger partial charge in [0.25, 0.3) is 0 Å². The number of nitrogens with one attached hydrogen (secondary N) is 3. The average molecular weight is 1500 g/mol. The van der Waals surface area contributed by atoms with Crippen LogP contribution in [0.4, 0.5) is 26.3 Å². The maximum atomic E-state index is 15.8. The molecule has 104 heavy (non-hydrogen) atoms. The van der Waals surface area contributed by atoms with Crippen molar-refractivity contribution in [3.05, 3.63) is 34.3 Å². The van der Waals surface area contributed by atoms with Crippen molar-refractivity contribution in [2.75, 3.05) is 102 Å². The van der Waals surface area contributed by atoms with Gasteiger partial charge < -0.3 is 64.8 Å². The number of halogens is 7. The zero-order valence-electron chi connectivity index (χ0n) is 61.6. The van der Waals surface area contributed by atoms with Crippen molar-refractivity contribution in [3.63, 3.8) is 0 Å². The van der Waals surface area contributed by atoms with Crippen molar-refractivity contribution < 1.29 is 88.6 Å². The molecular formula is C72H107ClF6N12O13. The number of alkyl halides is 6. The lowest BCUT2D eigenvalue weighted by Gasteiger charge is -2.43. The summed E-state index contributed by atoms with van der Waals surface area (Å²) in [6.45, 7) is -1.09. The van der Waals surface area contributed by atoms with Gasteiger partial charge in [-0.25, -0.2) is 0 Å². The summed E-state index contributed by atoms with van der Waals surface area (Å²) in [7, 11) is 9.13. The number of rotatable bonds is 12. The van der Waals surface area contributed by atoms with Crippen LogP contribution in [0.25, 0.3) is 0 Å². The van der Waals surface area contributed by atoms with Gasteiger partial charge in [-0.15, -0.1) is 0 Å². The summed E-state index contributed by atoms with van der Waals surface area (Å²) in [5.74, 6) is -10.8. The molecule has 1 aromatic carbocycles. The van der Waals surface area contributed by atoms with Crippen LogP contribution < -0.4 is 16.0 Å². The minimum Gasteiger partial charge on any atom is -0.369 e. The van der Waals surface area contributed by atoms with Crippen LogP contribution in [-0.2, 0) is 74.9 Å². The number of benzene rings is 1. The molecule has 0 aromatic heterocycles. The molecule has 3 aliphatic heterocycles. The molecule has 0 radical (unpaired) electrons. The smallest absolute Gasteiger partial charge is 0.369 e. The van der Waals surface area contributed by atoms with Crippen LogP contribution in [-0.4, -0.2) is 271 Å². The Labute approximate surface area is 610 Å². The molecule has 12 amide bonds. The summed E-state index contributed by atoms with van der Waals surface area (Å²) in [4.78, 5) is 189. The summed E-state index contributed by atoms with van der Waals surface area (Å²) in [5, 5.41) is 7.76. The number of hydrogen-bond donors (Lipinski definition) is 3. The Morgan fingerprint density at radius 1 is 0.625 bits per heavy atom. The van der Waals surface area contributed by atoms with Crippen molar-refractivity contribution in [3.8, 4) is 0 Å². The Kier molecular flexibility index (Phi) is 30.1. The highest BCUT2D eigenvalue weighted by atomic mass is 35.5. The molecule has 1 aromatic rings. The molecule has 3 N–H and O–H groups in total. The first-order chi connectivity index (χ1) is 49.0.